The topological polar surface area (TPSA) is 45.7 Å². The van der Waals surface area contributed by atoms with Gasteiger partial charge in [-0.15, -0.1) is 0 Å². The Hall–Kier alpha value is -2.30. The summed E-state index contributed by atoms with van der Waals surface area (Å²) in [7, 11) is 0. The fourth-order valence-corrected chi connectivity index (χ4v) is 3.32. The highest BCUT2D eigenvalue weighted by molar-refractivity contribution is 5.96. The van der Waals surface area contributed by atoms with Gasteiger partial charge in [0.25, 0.3) is 0 Å². The molecule has 0 atom stereocenters. The molecule has 0 N–H and O–H groups in total. The Morgan fingerprint density at radius 1 is 1.12 bits per heavy atom. The third-order valence-electron chi connectivity index (χ3n) is 4.44. The van der Waals surface area contributed by atoms with Crippen LogP contribution in [0.2, 0.25) is 0 Å². The van der Waals surface area contributed by atoms with E-state index in [1.165, 1.54) is 16.6 Å². The number of anilines is 1. The zero-order valence-corrected chi connectivity index (χ0v) is 15.6. The van der Waals surface area contributed by atoms with Crippen molar-refractivity contribution >= 4 is 22.6 Å². The molecule has 25 heavy (non-hydrogen) atoms. The second kappa shape index (κ2) is 6.90. The molecule has 1 aliphatic heterocycles. The second-order valence-corrected chi connectivity index (χ2v) is 7.64. The molecule has 2 heterocycles. The molecule has 1 aliphatic rings. The van der Waals surface area contributed by atoms with Gasteiger partial charge in [0.15, 0.2) is 0 Å². The lowest BCUT2D eigenvalue weighted by Crippen LogP contribution is -2.39. The van der Waals surface area contributed by atoms with E-state index in [1.54, 1.807) is 0 Å². The largest absolute Gasteiger partial charge is 0.444 e. The molecule has 0 radical (unpaired) electrons. The van der Waals surface area contributed by atoms with Gasteiger partial charge in [-0.25, -0.2) is 4.79 Å². The van der Waals surface area contributed by atoms with Crippen LogP contribution in [-0.4, -0.2) is 47.8 Å². The number of hydrogen-bond donors (Lipinski definition) is 0. The van der Waals surface area contributed by atoms with E-state index in [4.69, 9.17) is 4.74 Å². The summed E-state index contributed by atoms with van der Waals surface area (Å²) in [4.78, 5) is 20.9. The number of hydrogen-bond acceptors (Lipinski definition) is 4. The molecule has 1 amide bonds. The highest BCUT2D eigenvalue weighted by Crippen LogP contribution is 2.29. The molecule has 1 saturated heterocycles. The van der Waals surface area contributed by atoms with Gasteiger partial charge in [-0.1, -0.05) is 12.1 Å². The number of amides is 1. The number of aromatic nitrogens is 1. The van der Waals surface area contributed by atoms with Gasteiger partial charge in [-0.3, -0.25) is 4.98 Å². The third-order valence-corrected chi connectivity index (χ3v) is 4.44. The molecular formula is C20H27N3O2. The first-order valence-electron chi connectivity index (χ1n) is 8.91. The van der Waals surface area contributed by atoms with E-state index in [9.17, 15) is 4.79 Å². The Morgan fingerprint density at radius 3 is 2.68 bits per heavy atom. The minimum absolute atomic E-state index is 0.215. The number of benzene rings is 1. The summed E-state index contributed by atoms with van der Waals surface area (Å²) >= 11 is 0. The van der Waals surface area contributed by atoms with Crippen molar-refractivity contribution in [3.05, 3.63) is 36.2 Å². The molecule has 0 bridgehead atoms. The molecule has 2 aromatic rings. The van der Waals surface area contributed by atoms with Crippen molar-refractivity contribution in [2.24, 2.45) is 0 Å². The normalized spacial score (nSPS) is 16.0. The maximum Gasteiger partial charge on any atom is 0.410 e. The average molecular weight is 341 g/mol. The minimum Gasteiger partial charge on any atom is -0.444 e. The lowest BCUT2D eigenvalue weighted by Gasteiger charge is -2.27. The molecule has 1 aromatic heterocycles. The van der Waals surface area contributed by atoms with Crippen LogP contribution >= 0.6 is 0 Å². The number of fused-ring (bicyclic) bond motifs is 1. The molecular weight excluding hydrogens is 314 g/mol. The maximum absolute atomic E-state index is 12.4. The molecule has 134 valence electrons. The summed E-state index contributed by atoms with van der Waals surface area (Å²) < 4.78 is 5.52. The first-order chi connectivity index (χ1) is 11.8. The predicted octanol–water partition coefficient (Wildman–Crippen LogP) is 3.99. The van der Waals surface area contributed by atoms with Gasteiger partial charge in [-0.05, 0) is 45.7 Å². The van der Waals surface area contributed by atoms with Gasteiger partial charge in [-0.2, -0.15) is 0 Å². The highest BCUT2D eigenvalue weighted by atomic mass is 16.6. The van der Waals surface area contributed by atoms with Gasteiger partial charge in [0.1, 0.15) is 5.60 Å². The molecule has 1 fully saturated rings. The lowest BCUT2D eigenvalue weighted by molar-refractivity contribution is 0.0263. The highest BCUT2D eigenvalue weighted by Gasteiger charge is 2.25. The fourth-order valence-electron chi connectivity index (χ4n) is 3.32. The minimum atomic E-state index is -0.456. The quantitative estimate of drug-likeness (QED) is 0.787. The van der Waals surface area contributed by atoms with Crippen molar-refractivity contribution in [3.8, 4) is 0 Å². The van der Waals surface area contributed by atoms with Crippen LogP contribution in [0.25, 0.3) is 10.8 Å². The summed E-state index contributed by atoms with van der Waals surface area (Å²) in [6.45, 7) is 11.0. The van der Waals surface area contributed by atoms with Crippen LogP contribution in [0.5, 0.6) is 0 Å². The van der Waals surface area contributed by atoms with Crippen LogP contribution in [-0.2, 0) is 4.74 Å². The molecule has 0 unspecified atom stereocenters. The number of ether oxygens (including phenoxy) is 1. The van der Waals surface area contributed by atoms with Gasteiger partial charge in [0.2, 0.25) is 0 Å². The third kappa shape index (κ3) is 4.03. The van der Waals surface area contributed by atoms with Crippen molar-refractivity contribution in [1.29, 1.82) is 0 Å². The van der Waals surface area contributed by atoms with E-state index in [2.05, 4.69) is 35.0 Å². The zero-order valence-electron chi connectivity index (χ0n) is 15.6. The van der Waals surface area contributed by atoms with Crippen LogP contribution in [0.4, 0.5) is 10.5 Å². The van der Waals surface area contributed by atoms with Gasteiger partial charge < -0.3 is 14.5 Å². The average Bonchev–Trinajstić information content (AvgIpc) is 2.79. The van der Waals surface area contributed by atoms with Crippen LogP contribution < -0.4 is 4.90 Å². The summed E-state index contributed by atoms with van der Waals surface area (Å²) in [5.74, 6) is 0. The number of pyridine rings is 1. The lowest BCUT2D eigenvalue weighted by atomic mass is 10.1. The van der Waals surface area contributed by atoms with E-state index in [0.29, 0.717) is 6.54 Å². The summed E-state index contributed by atoms with van der Waals surface area (Å²) in [6.07, 6.45) is 4.54. The molecule has 0 saturated carbocycles. The van der Waals surface area contributed by atoms with Crippen molar-refractivity contribution in [1.82, 2.24) is 9.88 Å². The Balaban J connectivity index is 1.79. The van der Waals surface area contributed by atoms with E-state index in [1.807, 2.05) is 38.1 Å². The summed E-state index contributed by atoms with van der Waals surface area (Å²) in [5, 5.41) is 2.41. The van der Waals surface area contributed by atoms with Crippen LogP contribution in [0.15, 0.2) is 30.6 Å². The van der Waals surface area contributed by atoms with Crippen LogP contribution in [0, 0.1) is 6.92 Å². The molecule has 5 heteroatoms. The number of aryl methyl sites for hydroxylation is 1. The monoisotopic (exact) mass is 341 g/mol. The Kier molecular flexibility index (Phi) is 4.84. The molecule has 0 aliphatic carbocycles. The fraction of sp³-hybridized carbons (Fsp3) is 0.500. The van der Waals surface area contributed by atoms with Gasteiger partial charge in [0, 0.05) is 55.0 Å². The van der Waals surface area contributed by atoms with Crippen LogP contribution in [0.3, 0.4) is 0 Å². The van der Waals surface area contributed by atoms with Crippen LogP contribution in [0.1, 0.15) is 32.8 Å². The van der Waals surface area contributed by atoms with E-state index in [-0.39, 0.29) is 6.09 Å². The standard InChI is InChI=1S/C20H27N3O2/c1-15-13-21-14-16-7-5-8-17(18(15)16)22-9-6-10-23(12-11-22)19(24)25-20(2,3)4/h5,7-8,13-14H,6,9-12H2,1-4H3. The maximum atomic E-state index is 12.4. The Labute approximate surface area is 149 Å². The van der Waals surface area contributed by atoms with E-state index >= 15 is 0 Å². The molecule has 0 spiro atoms. The molecule has 5 nitrogen and oxygen atoms in total. The van der Waals surface area contributed by atoms with E-state index < -0.39 is 5.60 Å². The zero-order chi connectivity index (χ0) is 18.0. The number of carbonyl (C=O) groups excluding carboxylic acids is 1. The van der Waals surface area contributed by atoms with Gasteiger partial charge in [0.05, 0.1) is 0 Å². The van der Waals surface area contributed by atoms with Crippen molar-refractivity contribution < 1.29 is 9.53 Å². The number of rotatable bonds is 1. The predicted molar refractivity (Wildman–Crippen MR) is 101 cm³/mol. The van der Waals surface area contributed by atoms with E-state index in [0.717, 1.165) is 31.4 Å². The molecule has 3 rings (SSSR count). The number of nitrogens with zero attached hydrogens (tertiary/aromatic N) is 3. The van der Waals surface area contributed by atoms with Gasteiger partial charge >= 0.3 is 6.09 Å². The van der Waals surface area contributed by atoms with Crippen molar-refractivity contribution in [2.75, 3.05) is 31.1 Å². The van der Waals surface area contributed by atoms with Crippen molar-refractivity contribution in [3.63, 3.8) is 0 Å². The first kappa shape index (κ1) is 17.5. The first-order valence-corrected chi connectivity index (χ1v) is 8.91. The number of carbonyl (C=O) groups is 1. The van der Waals surface area contributed by atoms with Crippen molar-refractivity contribution in [2.45, 2.75) is 39.7 Å². The SMILES string of the molecule is Cc1cncc2cccc(N3CCCN(C(=O)OC(C)(C)C)CC3)c12. The summed E-state index contributed by atoms with van der Waals surface area (Å²) in [6, 6.07) is 6.34. The second-order valence-electron chi connectivity index (χ2n) is 7.64. The Bertz CT molecular complexity index is 762. The molecule has 1 aromatic carbocycles. The smallest absolute Gasteiger partial charge is 0.410 e. The summed E-state index contributed by atoms with van der Waals surface area (Å²) in [5.41, 5.74) is 1.95. The Morgan fingerprint density at radius 2 is 1.92 bits per heavy atom.